The molecule has 1 aromatic carbocycles. The minimum absolute atomic E-state index is 0.0235. The summed E-state index contributed by atoms with van der Waals surface area (Å²) in [6.07, 6.45) is 13.3. The van der Waals surface area contributed by atoms with Gasteiger partial charge in [-0.15, -0.1) is 0 Å². The van der Waals surface area contributed by atoms with E-state index < -0.39 is 0 Å². The average molecular weight is 633 g/mol. The highest BCUT2D eigenvalue weighted by molar-refractivity contribution is 5.97. The molecular weight excluding hydrogens is 595 g/mol. The van der Waals surface area contributed by atoms with Crippen LogP contribution in [0.15, 0.2) is 61.2 Å². The van der Waals surface area contributed by atoms with E-state index in [2.05, 4.69) is 45.7 Å². The second-order valence-corrected chi connectivity index (χ2v) is 12.5. The smallest absolute Gasteiger partial charge is 0.224 e. The van der Waals surface area contributed by atoms with Crippen LogP contribution in [0.4, 0.5) is 15.8 Å². The maximum atomic E-state index is 14.7. The Balaban J connectivity index is 1.16. The van der Waals surface area contributed by atoms with Gasteiger partial charge in [0.05, 0.1) is 28.5 Å². The average Bonchev–Trinajstić information content (AvgIpc) is 3.69. The van der Waals surface area contributed by atoms with E-state index in [-0.39, 0.29) is 11.7 Å². The lowest BCUT2D eigenvalue weighted by atomic mass is 9.87. The first-order valence-corrected chi connectivity index (χ1v) is 16.0. The molecule has 11 nitrogen and oxygen atoms in total. The molecule has 0 radical (unpaired) electrons. The number of amides is 1. The number of hydrogen-bond donors (Lipinski definition) is 4. The van der Waals surface area contributed by atoms with Crippen LogP contribution in [0.25, 0.3) is 56.0 Å². The van der Waals surface area contributed by atoms with Gasteiger partial charge in [-0.25, -0.2) is 14.4 Å². The first kappa shape index (κ1) is 30.4. The molecule has 1 aliphatic carbocycles. The van der Waals surface area contributed by atoms with E-state index in [4.69, 9.17) is 4.98 Å². The Morgan fingerprint density at radius 1 is 0.957 bits per heavy atom. The molecule has 1 saturated carbocycles. The molecule has 1 amide bonds. The maximum absolute atomic E-state index is 14.7. The molecule has 240 valence electrons. The van der Waals surface area contributed by atoms with E-state index in [1.165, 1.54) is 31.4 Å². The predicted molar refractivity (Wildman–Crippen MR) is 182 cm³/mol. The fourth-order valence-corrected chi connectivity index (χ4v) is 6.28. The van der Waals surface area contributed by atoms with Gasteiger partial charge in [0.15, 0.2) is 11.5 Å². The number of imidazole rings is 1. The van der Waals surface area contributed by atoms with Crippen molar-refractivity contribution in [1.29, 1.82) is 0 Å². The van der Waals surface area contributed by atoms with Crippen LogP contribution in [0.5, 0.6) is 0 Å². The number of aromatic amines is 2. The number of fused-ring (bicyclic) bond motifs is 2. The molecular formula is C35H37FN10O. The van der Waals surface area contributed by atoms with Crippen molar-refractivity contribution in [2.24, 2.45) is 5.92 Å². The molecule has 6 aromatic rings. The SMILES string of the molecule is CN(C)CCNc1cc(F)cc(-c2nccc3[nH]c(-c4n[nH]c5ncc(-c6cncc(NC(=O)CC7CCCCC7)c6)cc45)nc23)c1. The summed E-state index contributed by atoms with van der Waals surface area (Å²) in [7, 11) is 3.99. The zero-order valence-electron chi connectivity index (χ0n) is 26.5. The number of pyridine rings is 3. The largest absolute Gasteiger partial charge is 0.384 e. The topological polar surface area (TPSA) is 140 Å². The highest BCUT2D eigenvalue weighted by atomic mass is 19.1. The van der Waals surface area contributed by atoms with Crippen molar-refractivity contribution in [2.75, 3.05) is 37.8 Å². The standard InChI is InChI=1S/C35H37FN10O/c1-46(2)11-10-38-26-14-22(13-25(36)17-26)31-33-29(8-9-39-31)42-35(43-33)32-28-16-24(19-40-34(28)45-44-32)23-15-27(20-37-18-23)41-30(47)12-21-6-4-3-5-7-21/h8-9,13-21,38H,3-7,10-12H2,1-2H3,(H,41,47)(H,42,43)(H,40,44,45). The molecule has 0 atom stereocenters. The molecule has 5 heterocycles. The monoisotopic (exact) mass is 632 g/mol. The van der Waals surface area contributed by atoms with Crippen LogP contribution < -0.4 is 10.6 Å². The van der Waals surface area contributed by atoms with Gasteiger partial charge in [0.25, 0.3) is 0 Å². The van der Waals surface area contributed by atoms with Gasteiger partial charge in [-0.1, -0.05) is 19.3 Å². The number of carbonyl (C=O) groups excluding carboxylic acids is 1. The molecule has 4 N–H and O–H groups in total. The van der Waals surface area contributed by atoms with Crippen molar-refractivity contribution in [3.8, 4) is 33.9 Å². The lowest BCUT2D eigenvalue weighted by molar-refractivity contribution is -0.117. The molecule has 47 heavy (non-hydrogen) atoms. The van der Waals surface area contributed by atoms with E-state index in [0.29, 0.717) is 64.2 Å². The van der Waals surface area contributed by atoms with Crippen LogP contribution in [-0.4, -0.2) is 73.1 Å². The van der Waals surface area contributed by atoms with E-state index in [0.717, 1.165) is 41.4 Å². The summed E-state index contributed by atoms with van der Waals surface area (Å²) in [4.78, 5) is 36.6. The molecule has 0 unspecified atom stereocenters. The fraction of sp³-hybridized carbons (Fsp3) is 0.314. The third-order valence-corrected chi connectivity index (χ3v) is 8.66. The van der Waals surface area contributed by atoms with E-state index in [1.807, 2.05) is 38.4 Å². The van der Waals surface area contributed by atoms with E-state index in [9.17, 15) is 9.18 Å². The Morgan fingerprint density at radius 3 is 2.64 bits per heavy atom. The Kier molecular flexibility index (Phi) is 8.58. The van der Waals surface area contributed by atoms with Crippen molar-refractivity contribution in [3.05, 3.63) is 67.0 Å². The van der Waals surface area contributed by atoms with Crippen LogP contribution in [0.2, 0.25) is 0 Å². The molecule has 0 saturated heterocycles. The van der Waals surface area contributed by atoms with Crippen molar-refractivity contribution in [1.82, 2.24) is 40.0 Å². The predicted octanol–water partition coefficient (Wildman–Crippen LogP) is 6.65. The van der Waals surface area contributed by atoms with E-state index >= 15 is 0 Å². The molecule has 1 fully saturated rings. The number of nitrogens with zero attached hydrogens (tertiary/aromatic N) is 6. The first-order chi connectivity index (χ1) is 22.9. The van der Waals surface area contributed by atoms with Crippen molar-refractivity contribution in [3.63, 3.8) is 0 Å². The first-order valence-electron chi connectivity index (χ1n) is 16.0. The van der Waals surface area contributed by atoms with Gasteiger partial charge in [-0.05, 0) is 69.3 Å². The molecule has 12 heteroatoms. The van der Waals surface area contributed by atoms with Crippen LogP contribution in [0, 0.1) is 11.7 Å². The van der Waals surface area contributed by atoms with Gasteiger partial charge in [0.1, 0.15) is 17.0 Å². The number of anilines is 2. The van der Waals surface area contributed by atoms with Crippen LogP contribution in [0.1, 0.15) is 38.5 Å². The molecule has 7 rings (SSSR count). The summed E-state index contributed by atoms with van der Waals surface area (Å²) in [5.74, 6) is 0.651. The molecule has 1 aliphatic rings. The van der Waals surface area contributed by atoms with Gasteiger partial charge >= 0.3 is 0 Å². The number of benzene rings is 1. The normalized spacial score (nSPS) is 13.9. The van der Waals surface area contributed by atoms with Gasteiger partial charge in [0, 0.05) is 60.5 Å². The van der Waals surface area contributed by atoms with Crippen molar-refractivity contribution >= 4 is 39.3 Å². The number of carbonyl (C=O) groups is 1. The Morgan fingerprint density at radius 2 is 1.79 bits per heavy atom. The second-order valence-electron chi connectivity index (χ2n) is 12.5. The number of likely N-dealkylation sites (N-methyl/N-ethyl adjacent to an activating group) is 1. The Labute approximate surface area is 271 Å². The van der Waals surface area contributed by atoms with Crippen LogP contribution in [-0.2, 0) is 4.79 Å². The lowest BCUT2D eigenvalue weighted by Crippen LogP contribution is -2.20. The Hall–Kier alpha value is -5.23. The van der Waals surface area contributed by atoms with Gasteiger partial charge in [0.2, 0.25) is 5.91 Å². The van der Waals surface area contributed by atoms with Crippen LogP contribution in [0.3, 0.4) is 0 Å². The number of H-pyrrole nitrogens is 2. The Bertz CT molecular complexity index is 2050. The molecule has 0 aliphatic heterocycles. The number of rotatable bonds is 10. The summed E-state index contributed by atoms with van der Waals surface area (Å²) in [6.45, 7) is 1.49. The molecule has 5 aromatic heterocycles. The summed E-state index contributed by atoms with van der Waals surface area (Å²) in [5.41, 5.74) is 6.70. The highest BCUT2D eigenvalue weighted by Crippen LogP contribution is 2.33. The number of nitrogens with one attached hydrogen (secondary N) is 4. The highest BCUT2D eigenvalue weighted by Gasteiger charge is 2.19. The number of halogens is 1. The van der Waals surface area contributed by atoms with Crippen molar-refractivity contribution < 1.29 is 9.18 Å². The lowest BCUT2D eigenvalue weighted by Gasteiger charge is -2.20. The summed E-state index contributed by atoms with van der Waals surface area (Å²) in [6, 6.07) is 10.6. The van der Waals surface area contributed by atoms with Gasteiger partial charge < -0.3 is 20.5 Å². The minimum atomic E-state index is -0.358. The third kappa shape index (κ3) is 6.82. The van der Waals surface area contributed by atoms with Crippen LogP contribution >= 0.6 is 0 Å². The van der Waals surface area contributed by atoms with Gasteiger partial charge in [-0.2, -0.15) is 5.10 Å². The second kappa shape index (κ2) is 13.2. The molecule has 0 spiro atoms. The van der Waals surface area contributed by atoms with Crippen molar-refractivity contribution in [2.45, 2.75) is 38.5 Å². The third-order valence-electron chi connectivity index (χ3n) is 8.66. The van der Waals surface area contributed by atoms with Gasteiger partial charge in [-0.3, -0.25) is 19.9 Å². The number of aromatic nitrogens is 7. The summed E-state index contributed by atoms with van der Waals surface area (Å²) < 4.78 is 14.7. The fourth-order valence-electron chi connectivity index (χ4n) is 6.28. The summed E-state index contributed by atoms with van der Waals surface area (Å²) in [5, 5.41) is 14.6. The zero-order chi connectivity index (χ0) is 32.3. The molecule has 0 bridgehead atoms. The summed E-state index contributed by atoms with van der Waals surface area (Å²) >= 11 is 0. The maximum Gasteiger partial charge on any atom is 0.224 e. The number of hydrogen-bond acceptors (Lipinski definition) is 8. The quantitative estimate of drug-likeness (QED) is 0.132. The minimum Gasteiger partial charge on any atom is -0.384 e. The van der Waals surface area contributed by atoms with E-state index in [1.54, 1.807) is 24.8 Å². The zero-order valence-corrected chi connectivity index (χ0v) is 26.5.